The van der Waals surface area contributed by atoms with Crippen LogP contribution in [0.2, 0.25) is 0 Å². The number of nitrogens with zero attached hydrogens (tertiary/aromatic N) is 2. The van der Waals surface area contributed by atoms with E-state index >= 15 is 0 Å². The number of carbonyl (C=O) groups excluding carboxylic acids is 1. The number of aromatic nitrogens is 2. The third-order valence-electron chi connectivity index (χ3n) is 2.06. The van der Waals surface area contributed by atoms with E-state index < -0.39 is 23.2 Å². The van der Waals surface area contributed by atoms with Crippen LogP contribution in [0.15, 0.2) is 30.6 Å². The van der Waals surface area contributed by atoms with Crippen molar-refractivity contribution in [2.24, 2.45) is 0 Å². The van der Waals surface area contributed by atoms with Crippen molar-refractivity contribution in [1.29, 1.82) is 0 Å². The summed E-state index contributed by atoms with van der Waals surface area (Å²) in [5, 5.41) is 2.37. The topological polar surface area (TPSA) is 54.9 Å². The van der Waals surface area contributed by atoms with Crippen LogP contribution in [-0.2, 0) is 0 Å². The number of amides is 1. The first kappa shape index (κ1) is 12.8. The van der Waals surface area contributed by atoms with Crippen LogP contribution in [0.3, 0.4) is 0 Å². The van der Waals surface area contributed by atoms with Crippen LogP contribution >= 0.6 is 22.6 Å². The predicted molar refractivity (Wildman–Crippen MR) is 69.1 cm³/mol. The van der Waals surface area contributed by atoms with E-state index in [1.807, 2.05) is 0 Å². The van der Waals surface area contributed by atoms with E-state index in [0.29, 0.717) is 0 Å². The molecule has 0 atom stereocenters. The maximum atomic E-state index is 13.3. The molecule has 2 rings (SSSR count). The first-order chi connectivity index (χ1) is 8.58. The highest BCUT2D eigenvalue weighted by Crippen LogP contribution is 2.12. The Morgan fingerprint density at radius 3 is 2.67 bits per heavy atom. The van der Waals surface area contributed by atoms with E-state index in [2.05, 4.69) is 37.9 Å². The molecule has 18 heavy (non-hydrogen) atoms. The van der Waals surface area contributed by atoms with Gasteiger partial charge in [0.25, 0.3) is 5.91 Å². The van der Waals surface area contributed by atoms with Crippen molar-refractivity contribution in [2.75, 3.05) is 5.32 Å². The molecule has 7 heteroatoms. The van der Waals surface area contributed by atoms with E-state index in [1.165, 1.54) is 0 Å². The van der Waals surface area contributed by atoms with Gasteiger partial charge in [-0.25, -0.2) is 14.4 Å². The molecule has 0 saturated carbocycles. The number of halogens is 3. The Morgan fingerprint density at radius 1 is 1.22 bits per heavy atom. The molecule has 2 heterocycles. The summed E-state index contributed by atoms with van der Waals surface area (Å²) in [4.78, 5) is 18.7. The lowest BCUT2D eigenvalue weighted by Gasteiger charge is -2.05. The van der Waals surface area contributed by atoms with Gasteiger partial charge in [0, 0.05) is 16.0 Å². The molecule has 0 spiro atoms. The molecule has 0 radical (unpaired) electrons. The molecule has 2 aromatic heterocycles. The molecule has 92 valence electrons. The second-order valence-electron chi connectivity index (χ2n) is 3.28. The van der Waals surface area contributed by atoms with Crippen LogP contribution in [-0.4, -0.2) is 15.9 Å². The average molecular weight is 361 g/mol. The standard InChI is InChI=1S/C11H6F2IN3O/c12-9-7(3-4-15-10(9)13)11(18)17-8-2-1-6(14)5-16-8/h1-5H,(H,16,17,18). The highest BCUT2D eigenvalue weighted by molar-refractivity contribution is 14.1. The molecular weight excluding hydrogens is 355 g/mol. The maximum absolute atomic E-state index is 13.3. The van der Waals surface area contributed by atoms with Crippen molar-refractivity contribution in [3.63, 3.8) is 0 Å². The Morgan fingerprint density at radius 2 is 2.00 bits per heavy atom. The summed E-state index contributed by atoms with van der Waals surface area (Å²) in [6.45, 7) is 0. The molecule has 4 nitrogen and oxygen atoms in total. The third kappa shape index (κ3) is 2.78. The molecule has 0 fully saturated rings. The summed E-state index contributed by atoms with van der Waals surface area (Å²) in [5.41, 5.74) is -0.414. The molecule has 0 aliphatic heterocycles. The monoisotopic (exact) mass is 361 g/mol. The van der Waals surface area contributed by atoms with Crippen molar-refractivity contribution < 1.29 is 13.6 Å². The zero-order valence-corrected chi connectivity index (χ0v) is 11.0. The lowest BCUT2D eigenvalue weighted by molar-refractivity contribution is 0.102. The summed E-state index contributed by atoms with van der Waals surface area (Å²) in [5.74, 6) is -3.10. The smallest absolute Gasteiger partial charge is 0.260 e. The molecule has 0 aliphatic carbocycles. The predicted octanol–water partition coefficient (Wildman–Crippen LogP) is 2.61. The number of hydrogen-bond donors (Lipinski definition) is 1. The van der Waals surface area contributed by atoms with Gasteiger partial charge in [-0.3, -0.25) is 4.79 Å². The number of nitrogens with one attached hydrogen (secondary N) is 1. The average Bonchev–Trinajstić information content (AvgIpc) is 2.35. The maximum Gasteiger partial charge on any atom is 0.260 e. The van der Waals surface area contributed by atoms with Crippen LogP contribution in [0.4, 0.5) is 14.6 Å². The minimum Gasteiger partial charge on any atom is -0.306 e. The fourth-order valence-electron chi connectivity index (χ4n) is 1.23. The van der Waals surface area contributed by atoms with Crippen LogP contribution in [0.5, 0.6) is 0 Å². The zero-order valence-electron chi connectivity index (χ0n) is 8.82. The largest absolute Gasteiger partial charge is 0.306 e. The van der Waals surface area contributed by atoms with E-state index in [1.54, 1.807) is 18.3 Å². The quantitative estimate of drug-likeness (QED) is 0.661. The Hall–Kier alpha value is -1.64. The van der Waals surface area contributed by atoms with Gasteiger partial charge in [0.05, 0.1) is 5.56 Å². The summed E-state index contributed by atoms with van der Waals surface area (Å²) in [6.07, 6.45) is 2.56. The Bertz CT molecular complexity index is 589. The molecular formula is C11H6F2IN3O. The summed E-state index contributed by atoms with van der Waals surface area (Å²) < 4.78 is 27.0. The molecule has 1 amide bonds. The SMILES string of the molecule is O=C(Nc1ccc(I)cn1)c1ccnc(F)c1F. The van der Waals surface area contributed by atoms with Crippen molar-refractivity contribution in [2.45, 2.75) is 0 Å². The van der Waals surface area contributed by atoms with Gasteiger partial charge < -0.3 is 5.32 Å². The highest BCUT2D eigenvalue weighted by Gasteiger charge is 2.16. The minimum atomic E-state index is -1.31. The van der Waals surface area contributed by atoms with Gasteiger partial charge in [0.1, 0.15) is 5.82 Å². The van der Waals surface area contributed by atoms with Crippen LogP contribution in [0, 0.1) is 15.3 Å². The summed E-state index contributed by atoms with van der Waals surface area (Å²) in [7, 11) is 0. The van der Waals surface area contributed by atoms with Gasteiger partial charge in [-0.15, -0.1) is 0 Å². The fourth-order valence-corrected chi connectivity index (χ4v) is 1.55. The lowest BCUT2D eigenvalue weighted by Crippen LogP contribution is -2.15. The second kappa shape index (κ2) is 5.34. The first-order valence-corrected chi connectivity index (χ1v) is 5.88. The number of hydrogen-bond acceptors (Lipinski definition) is 3. The molecule has 2 aromatic rings. The number of rotatable bonds is 2. The lowest BCUT2D eigenvalue weighted by atomic mass is 10.2. The van der Waals surface area contributed by atoms with Gasteiger partial charge in [-0.05, 0) is 40.8 Å². The van der Waals surface area contributed by atoms with Crippen molar-refractivity contribution >= 4 is 34.3 Å². The minimum absolute atomic E-state index is 0.261. The molecule has 0 saturated heterocycles. The number of anilines is 1. The zero-order chi connectivity index (χ0) is 13.1. The number of pyridine rings is 2. The molecule has 0 aromatic carbocycles. The van der Waals surface area contributed by atoms with E-state index in [-0.39, 0.29) is 5.82 Å². The molecule has 1 N–H and O–H groups in total. The van der Waals surface area contributed by atoms with E-state index in [4.69, 9.17) is 0 Å². The van der Waals surface area contributed by atoms with Gasteiger partial charge in [0.2, 0.25) is 5.95 Å². The summed E-state index contributed by atoms with van der Waals surface area (Å²) >= 11 is 2.06. The van der Waals surface area contributed by atoms with Crippen LogP contribution < -0.4 is 5.32 Å². The molecule has 0 unspecified atom stereocenters. The first-order valence-electron chi connectivity index (χ1n) is 4.81. The molecule has 0 aliphatic rings. The highest BCUT2D eigenvalue weighted by atomic mass is 127. The fraction of sp³-hybridized carbons (Fsp3) is 0. The molecule has 0 bridgehead atoms. The van der Waals surface area contributed by atoms with Crippen LogP contribution in [0.1, 0.15) is 10.4 Å². The second-order valence-corrected chi connectivity index (χ2v) is 4.52. The van der Waals surface area contributed by atoms with Crippen molar-refractivity contribution in [3.05, 3.63) is 51.5 Å². The Balaban J connectivity index is 2.22. The third-order valence-corrected chi connectivity index (χ3v) is 2.70. The summed E-state index contributed by atoms with van der Waals surface area (Å²) in [6, 6.07) is 4.39. The van der Waals surface area contributed by atoms with Gasteiger partial charge >= 0.3 is 0 Å². The Kier molecular flexibility index (Phi) is 3.80. The van der Waals surface area contributed by atoms with E-state index in [9.17, 15) is 13.6 Å². The van der Waals surface area contributed by atoms with Gasteiger partial charge in [-0.1, -0.05) is 0 Å². The van der Waals surface area contributed by atoms with Crippen LogP contribution in [0.25, 0.3) is 0 Å². The normalized spacial score (nSPS) is 10.2. The van der Waals surface area contributed by atoms with Gasteiger partial charge in [0.15, 0.2) is 5.82 Å². The Labute approximate surface area is 115 Å². The van der Waals surface area contributed by atoms with Gasteiger partial charge in [-0.2, -0.15) is 4.39 Å². The van der Waals surface area contributed by atoms with Crippen molar-refractivity contribution in [1.82, 2.24) is 9.97 Å². The van der Waals surface area contributed by atoms with Crippen molar-refractivity contribution in [3.8, 4) is 0 Å². The van der Waals surface area contributed by atoms with E-state index in [0.717, 1.165) is 15.8 Å². The number of carbonyl (C=O) groups is 1.